The van der Waals surface area contributed by atoms with E-state index in [-0.39, 0.29) is 11.7 Å². The molecule has 1 aromatic rings. The lowest BCUT2D eigenvalue weighted by molar-refractivity contribution is -0.142. The van der Waals surface area contributed by atoms with Gasteiger partial charge >= 0.3 is 5.97 Å². The molecule has 1 saturated carbocycles. The number of aliphatic carboxylic acids is 1. The maximum atomic E-state index is 10.8. The van der Waals surface area contributed by atoms with Gasteiger partial charge in [0, 0.05) is 0 Å². The van der Waals surface area contributed by atoms with Crippen molar-refractivity contribution >= 4 is 5.97 Å². The van der Waals surface area contributed by atoms with Gasteiger partial charge in [-0.15, -0.1) is 0 Å². The zero-order valence-electron chi connectivity index (χ0n) is 9.10. The van der Waals surface area contributed by atoms with E-state index in [1.807, 2.05) is 12.1 Å². The molecule has 0 heterocycles. The van der Waals surface area contributed by atoms with Gasteiger partial charge in [0.25, 0.3) is 0 Å². The molecule has 2 N–H and O–H groups in total. The first-order valence-corrected chi connectivity index (χ1v) is 5.68. The Kier molecular flexibility index (Phi) is 3.13. The van der Waals surface area contributed by atoms with E-state index in [1.54, 1.807) is 12.1 Å². The Hall–Kier alpha value is -1.51. The zero-order valence-corrected chi connectivity index (χ0v) is 9.10. The molecule has 16 heavy (non-hydrogen) atoms. The van der Waals surface area contributed by atoms with E-state index in [0.717, 1.165) is 31.2 Å². The van der Waals surface area contributed by atoms with Crippen molar-refractivity contribution in [1.82, 2.24) is 0 Å². The third-order valence-electron chi connectivity index (χ3n) is 3.42. The lowest BCUT2D eigenvalue weighted by Gasteiger charge is -2.26. The molecule has 1 aliphatic rings. The van der Waals surface area contributed by atoms with E-state index in [4.69, 9.17) is 5.11 Å². The second-order valence-electron chi connectivity index (χ2n) is 4.48. The van der Waals surface area contributed by atoms with Gasteiger partial charge < -0.3 is 10.2 Å². The SMILES string of the molecule is O=C(O)C1CCC(c2cccc(O)c2)CC1. The molecule has 3 heteroatoms. The van der Waals surface area contributed by atoms with Crippen LogP contribution in [0.25, 0.3) is 0 Å². The summed E-state index contributed by atoms with van der Waals surface area (Å²) in [6.45, 7) is 0. The Bertz CT molecular complexity index is 379. The van der Waals surface area contributed by atoms with Gasteiger partial charge in [0.15, 0.2) is 0 Å². The molecule has 0 saturated heterocycles. The number of hydrogen-bond donors (Lipinski definition) is 2. The molecule has 1 aliphatic carbocycles. The number of aromatic hydroxyl groups is 1. The highest BCUT2D eigenvalue weighted by Crippen LogP contribution is 2.36. The second-order valence-corrected chi connectivity index (χ2v) is 4.48. The van der Waals surface area contributed by atoms with Crippen LogP contribution in [-0.4, -0.2) is 16.2 Å². The van der Waals surface area contributed by atoms with Gasteiger partial charge in [0.1, 0.15) is 5.75 Å². The number of carbonyl (C=O) groups is 1. The molecule has 1 fully saturated rings. The fourth-order valence-electron chi connectivity index (χ4n) is 2.45. The van der Waals surface area contributed by atoms with Crippen LogP contribution in [0.1, 0.15) is 37.2 Å². The summed E-state index contributed by atoms with van der Waals surface area (Å²) in [5.74, 6) is -0.150. The minimum atomic E-state index is -0.672. The van der Waals surface area contributed by atoms with Gasteiger partial charge in [-0.1, -0.05) is 12.1 Å². The highest BCUT2D eigenvalue weighted by Gasteiger charge is 2.26. The summed E-state index contributed by atoms with van der Waals surface area (Å²) >= 11 is 0. The summed E-state index contributed by atoms with van der Waals surface area (Å²) in [5, 5.41) is 18.3. The van der Waals surface area contributed by atoms with Crippen molar-refractivity contribution in [3.63, 3.8) is 0 Å². The second kappa shape index (κ2) is 4.56. The van der Waals surface area contributed by atoms with Crippen molar-refractivity contribution in [3.05, 3.63) is 29.8 Å². The van der Waals surface area contributed by atoms with E-state index >= 15 is 0 Å². The Morgan fingerprint density at radius 2 is 1.88 bits per heavy atom. The van der Waals surface area contributed by atoms with Crippen LogP contribution < -0.4 is 0 Å². The van der Waals surface area contributed by atoms with Gasteiger partial charge in [-0.3, -0.25) is 4.79 Å². The molecule has 0 aromatic heterocycles. The Morgan fingerprint density at radius 1 is 1.19 bits per heavy atom. The molecular weight excluding hydrogens is 204 g/mol. The number of phenols is 1. The Balaban J connectivity index is 2.01. The van der Waals surface area contributed by atoms with E-state index in [2.05, 4.69) is 0 Å². The van der Waals surface area contributed by atoms with Crippen LogP contribution in [0.3, 0.4) is 0 Å². The van der Waals surface area contributed by atoms with Gasteiger partial charge in [-0.25, -0.2) is 0 Å². The van der Waals surface area contributed by atoms with Crippen LogP contribution in [0.2, 0.25) is 0 Å². The fourth-order valence-corrected chi connectivity index (χ4v) is 2.45. The smallest absolute Gasteiger partial charge is 0.306 e. The third-order valence-corrected chi connectivity index (χ3v) is 3.42. The summed E-state index contributed by atoms with van der Waals surface area (Å²) in [6.07, 6.45) is 3.30. The topological polar surface area (TPSA) is 57.5 Å². The van der Waals surface area contributed by atoms with Crippen LogP contribution in [0.15, 0.2) is 24.3 Å². The van der Waals surface area contributed by atoms with Crippen molar-refractivity contribution in [2.24, 2.45) is 5.92 Å². The Labute approximate surface area is 94.7 Å². The van der Waals surface area contributed by atoms with Crippen LogP contribution >= 0.6 is 0 Å². The van der Waals surface area contributed by atoms with Gasteiger partial charge in [-0.05, 0) is 49.3 Å². The van der Waals surface area contributed by atoms with Crippen LogP contribution in [0.4, 0.5) is 0 Å². The highest BCUT2D eigenvalue weighted by atomic mass is 16.4. The molecular formula is C13H16O3. The molecule has 2 rings (SSSR count). The van der Waals surface area contributed by atoms with E-state index in [0.29, 0.717) is 5.92 Å². The summed E-state index contributed by atoms with van der Waals surface area (Å²) in [5.41, 5.74) is 1.13. The highest BCUT2D eigenvalue weighted by molar-refractivity contribution is 5.70. The molecule has 86 valence electrons. The van der Waals surface area contributed by atoms with Gasteiger partial charge in [-0.2, -0.15) is 0 Å². The van der Waals surface area contributed by atoms with Crippen molar-refractivity contribution in [1.29, 1.82) is 0 Å². The predicted molar refractivity (Wildman–Crippen MR) is 60.4 cm³/mol. The normalized spacial score (nSPS) is 25.2. The zero-order chi connectivity index (χ0) is 11.5. The third kappa shape index (κ3) is 2.35. The van der Waals surface area contributed by atoms with Crippen LogP contribution in [0.5, 0.6) is 5.75 Å². The minimum Gasteiger partial charge on any atom is -0.508 e. The first kappa shape index (κ1) is 11.0. The molecule has 3 nitrogen and oxygen atoms in total. The quantitative estimate of drug-likeness (QED) is 0.805. The first-order chi connectivity index (χ1) is 7.66. The van der Waals surface area contributed by atoms with Crippen molar-refractivity contribution in [2.45, 2.75) is 31.6 Å². The summed E-state index contributed by atoms with van der Waals surface area (Å²) < 4.78 is 0. The minimum absolute atomic E-state index is 0.173. The summed E-state index contributed by atoms with van der Waals surface area (Å²) in [7, 11) is 0. The number of hydrogen-bond acceptors (Lipinski definition) is 2. The standard InChI is InChI=1S/C13H16O3/c14-12-3-1-2-11(8-12)9-4-6-10(7-5-9)13(15)16/h1-3,8-10,14H,4-7H2,(H,15,16). The average Bonchev–Trinajstić information content (AvgIpc) is 2.29. The first-order valence-electron chi connectivity index (χ1n) is 5.68. The summed E-state index contributed by atoms with van der Waals surface area (Å²) in [4.78, 5) is 10.8. The maximum absolute atomic E-state index is 10.8. The number of carboxylic acid groups (broad SMARTS) is 1. The number of phenolic OH excluding ortho intramolecular Hbond substituents is 1. The lowest BCUT2D eigenvalue weighted by atomic mass is 9.79. The van der Waals surface area contributed by atoms with Crippen molar-refractivity contribution < 1.29 is 15.0 Å². The van der Waals surface area contributed by atoms with Crippen LogP contribution in [0, 0.1) is 5.92 Å². The predicted octanol–water partition coefficient (Wildman–Crippen LogP) is 2.75. The molecule has 0 radical (unpaired) electrons. The van der Waals surface area contributed by atoms with Crippen LogP contribution in [-0.2, 0) is 4.79 Å². The molecule has 1 aromatic carbocycles. The molecule has 0 unspecified atom stereocenters. The van der Waals surface area contributed by atoms with E-state index < -0.39 is 5.97 Å². The van der Waals surface area contributed by atoms with Crippen molar-refractivity contribution in [2.75, 3.05) is 0 Å². The largest absolute Gasteiger partial charge is 0.508 e. The lowest BCUT2D eigenvalue weighted by Crippen LogP contribution is -2.20. The Morgan fingerprint density at radius 3 is 2.44 bits per heavy atom. The fraction of sp³-hybridized carbons (Fsp3) is 0.462. The van der Waals surface area contributed by atoms with Gasteiger partial charge in [0.2, 0.25) is 0 Å². The van der Waals surface area contributed by atoms with E-state index in [1.165, 1.54) is 0 Å². The van der Waals surface area contributed by atoms with E-state index in [9.17, 15) is 9.90 Å². The molecule has 0 spiro atoms. The monoisotopic (exact) mass is 220 g/mol. The number of benzene rings is 1. The molecule has 0 aliphatic heterocycles. The number of rotatable bonds is 2. The summed E-state index contributed by atoms with van der Waals surface area (Å²) in [6, 6.07) is 7.29. The molecule has 0 amide bonds. The maximum Gasteiger partial charge on any atom is 0.306 e. The van der Waals surface area contributed by atoms with Crippen molar-refractivity contribution in [3.8, 4) is 5.75 Å². The number of carboxylic acids is 1. The molecule has 0 atom stereocenters. The van der Waals surface area contributed by atoms with Gasteiger partial charge in [0.05, 0.1) is 5.92 Å². The molecule has 0 bridgehead atoms. The average molecular weight is 220 g/mol.